The van der Waals surface area contributed by atoms with E-state index in [0.717, 1.165) is 6.21 Å². The van der Waals surface area contributed by atoms with Gasteiger partial charge in [0.1, 0.15) is 0 Å². The van der Waals surface area contributed by atoms with E-state index in [1.165, 1.54) is 6.07 Å². The first kappa shape index (κ1) is 21.2. The zero-order valence-corrected chi connectivity index (χ0v) is 15.9. The van der Waals surface area contributed by atoms with E-state index in [1.807, 2.05) is 6.92 Å². The molecule has 1 amide bonds. The lowest BCUT2D eigenvalue weighted by Crippen LogP contribution is -2.23. The molecule has 0 aliphatic heterocycles. The minimum absolute atomic E-state index is 0.00393. The molecule has 0 aliphatic carbocycles. The highest BCUT2D eigenvalue weighted by molar-refractivity contribution is 6.47. The van der Waals surface area contributed by atoms with Crippen LogP contribution in [-0.2, 0) is 9.53 Å². The average molecular weight is 405 g/mol. The Morgan fingerprint density at radius 2 is 2.04 bits per heavy atom. The molecule has 1 atom stereocenters. The van der Waals surface area contributed by atoms with Gasteiger partial charge < -0.3 is 10.1 Å². The molecule has 1 rings (SSSR count). The molecule has 0 spiro atoms. The Morgan fingerprint density at radius 3 is 2.60 bits per heavy atom. The molecule has 25 heavy (non-hydrogen) atoms. The number of amides is 1. The number of nitriles is 1. The maximum absolute atomic E-state index is 12.1. The van der Waals surface area contributed by atoms with Crippen LogP contribution in [0.2, 0.25) is 15.1 Å². The van der Waals surface area contributed by atoms with Crippen LogP contribution >= 0.6 is 34.8 Å². The van der Waals surface area contributed by atoms with E-state index in [1.54, 1.807) is 13.0 Å². The molecule has 1 aromatic rings. The van der Waals surface area contributed by atoms with Gasteiger partial charge in [-0.05, 0) is 19.4 Å². The first-order valence-electron chi connectivity index (χ1n) is 7.43. The van der Waals surface area contributed by atoms with E-state index < -0.39 is 17.8 Å². The minimum atomic E-state index is -1.20. The van der Waals surface area contributed by atoms with Crippen LogP contribution in [0.15, 0.2) is 11.1 Å². The molecular weight excluding hydrogens is 389 g/mol. The lowest BCUT2D eigenvalue weighted by molar-refractivity contribution is -0.144. The molecule has 6 nitrogen and oxygen atoms in total. The van der Waals surface area contributed by atoms with Crippen LogP contribution in [0.4, 0.5) is 5.69 Å². The molecule has 1 N–H and O–H groups in total. The summed E-state index contributed by atoms with van der Waals surface area (Å²) in [5.41, 5.74) is 0.0905. The third-order valence-corrected chi connectivity index (χ3v) is 4.08. The van der Waals surface area contributed by atoms with Crippen molar-refractivity contribution in [2.24, 2.45) is 10.9 Å². The maximum atomic E-state index is 12.1. The summed E-state index contributed by atoms with van der Waals surface area (Å²) in [4.78, 5) is 27.8. The van der Waals surface area contributed by atoms with E-state index in [0.29, 0.717) is 13.0 Å². The second-order valence-corrected chi connectivity index (χ2v) is 5.96. The normalized spacial score (nSPS) is 11.8. The summed E-state index contributed by atoms with van der Waals surface area (Å²) in [6.45, 7) is 4.15. The van der Waals surface area contributed by atoms with Gasteiger partial charge >= 0.3 is 5.97 Å². The summed E-state index contributed by atoms with van der Waals surface area (Å²) in [6.07, 6.45) is 1.72. The van der Waals surface area contributed by atoms with E-state index in [-0.39, 0.29) is 32.9 Å². The molecule has 0 saturated heterocycles. The summed E-state index contributed by atoms with van der Waals surface area (Å²) >= 11 is 18.2. The van der Waals surface area contributed by atoms with E-state index in [9.17, 15) is 9.59 Å². The number of carbonyl (C=O) groups excluding carboxylic acids is 2. The van der Waals surface area contributed by atoms with Gasteiger partial charge in [-0.1, -0.05) is 41.7 Å². The van der Waals surface area contributed by atoms with Crippen LogP contribution in [0.5, 0.6) is 0 Å². The third-order valence-electron chi connectivity index (χ3n) is 2.91. The second kappa shape index (κ2) is 10.2. The van der Waals surface area contributed by atoms with Crippen LogP contribution in [0.1, 0.15) is 30.6 Å². The number of esters is 1. The molecular formula is C16H16Cl3N3O3. The Balaban J connectivity index is 3.19. The Labute approximate surface area is 160 Å². The largest absolute Gasteiger partial charge is 0.464 e. The first-order valence-corrected chi connectivity index (χ1v) is 8.56. The average Bonchev–Trinajstić information content (AvgIpc) is 2.58. The van der Waals surface area contributed by atoms with Gasteiger partial charge in [-0.2, -0.15) is 5.26 Å². The minimum Gasteiger partial charge on any atom is -0.464 e. The molecule has 0 radical (unpaired) electrons. The van der Waals surface area contributed by atoms with Gasteiger partial charge in [0.25, 0.3) is 5.91 Å². The number of halogens is 3. The van der Waals surface area contributed by atoms with E-state index in [4.69, 9.17) is 44.8 Å². The van der Waals surface area contributed by atoms with Crippen LogP contribution in [0.25, 0.3) is 0 Å². The zero-order valence-electron chi connectivity index (χ0n) is 13.6. The number of aliphatic imine (C=N–C) groups is 1. The summed E-state index contributed by atoms with van der Waals surface area (Å²) in [5, 5.41) is 11.7. The number of carbonyl (C=O) groups is 2. The van der Waals surface area contributed by atoms with Crippen molar-refractivity contribution >= 4 is 58.6 Å². The van der Waals surface area contributed by atoms with Gasteiger partial charge in [-0.3, -0.25) is 14.6 Å². The van der Waals surface area contributed by atoms with Crippen molar-refractivity contribution < 1.29 is 14.3 Å². The molecule has 134 valence electrons. The molecule has 1 aromatic carbocycles. The van der Waals surface area contributed by atoms with Crippen molar-refractivity contribution in [1.29, 1.82) is 5.26 Å². The fraction of sp³-hybridized carbons (Fsp3) is 0.375. The van der Waals surface area contributed by atoms with Crippen molar-refractivity contribution in [3.05, 3.63) is 26.7 Å². The Hall–Kier alpha value is -1.81. The van der Waals surface area contributed by atoms with Gasteiger partial charge in [0.15, 0.2) is 5.92 Å². The second-order valence-electron chi connectivity index (χ2n) is 4.79. The molecule has 0 bridgehead atoms. The fourth-order valence-corrected chi connectivity index (χ4v) is 2.49. The molecule has 0 aromatic heterocycles. The predicted molar refractivity (Wildman–Crippen MR) is 98.0 cm³/mol. The van der Waals surface area contributed by atoms with Crippen LogP contribution in [-0.4, -0.2) is 31.2 Å². The first-order chi connectivity index (χ1) is 11.9. The molecule has 9 heteroatoms. The highest BCUT2D eigenvalue weighted by Crippen LogP contribution is 2.38. The molecule has 0 heterocycles. The van der Waals surface area contributed by atoms with Crippen molar-refractivity contribution in [3.8, 4) is 6.07 Å². The van der Waals surface area contributed by atoms with Crippen LogP contribution in [0.3, 0.4) is 0 Å². The van der Waals surface area contributed by atoms with Crippen molar-refractivity contribution in [3.63, 3.8) is 0 Å². The summed E-state index contributed by atoms with van der Waals surface area (Å²) in [7, 11) is 0. The quantitative estimate of drug-likeness (QED) is 0.419. The molecule has 1 unspecified atom stereocenters. The van der Waals surface area contributed by atoms with Gasteiger partial charge in [-0.15, -0.1) is 0 Å². The monoisotopic (exact) mass is 403 g/mol. The Morgan fingerprint density at radius 1 is 1.36 bits per heavy atom. The summed E-state index contributed by atoms with van der Waals surface area (Å²) in [6, 6.07) is 3.12. The lowest BCUT2D eigenvalue weighted by atomic mass is 10.1. The number of rotatable bonds is 7. The number of hydrogen-bond donors (Lipinski definition) is 1. The van der Waals surface area contributed by atoms with E-state index in [2.05, 4.69) is 10.3 Å². The topological polar surface area (TPSA) is 91.6 Å². The Kier molecular flexibility index (Phi) is 8.70. The maximum Gasteiger partial charge on any atom is 0.328 e. The van der Waals surface area contributed by atoms with Crippen LogP contribution in [0, 0.1) is 17.2 Å². The van der Waals surface area contributed by atoms with E-state index >= 15 is 0 Å². The summed E-state index contributed by atoms with van der Waals surface area (Å²) in [5.74, 6) is -2.42. The number of benzene rings is 1. The van der Waals surface area contributed by atoms with Gasteiger partial charge in [0.05, 0.1) is 39.0 Å². The standard InChI is InChI=1S/C16H16Cl3N3O3/c1-3-5-25-16(24)9(7-20)8-22-11-6-10(17)13(18)12(14(11)19)15(23)21-4-2/h6,8-9H,3-5H2,1-2H3,(H,21,23). The number of hydrogen-bond acceptors (Lipinski definition) is 5. The van der Waals surface area contributed by atoms with Gasteiger partial charge in [0, 0.05) is 12.8 Å². The SMILES string of the molecule is CCCOC(=O)C(C#N)C=Nc1cc(Cl)c(Cl)c(C(=O)NCC)c1Cl. The van der Waals surface area contributed by atoms with Gasteiger partial charge in [0.2, 0.25) is 0 Å². The van der Waals surface area contributed by atoms with Crippen molar-refractivity contribution in [2.75, 3.05) is 13.2 Å². The number of nitrogens with one attached hydrogen (secondary N) is 1. The predicted octanol–water partition coefficient (Wildman–Crippen LogP) is 4.19. The fourth-order valence-electron chi connectivity index (χ4n) is 1.73. The molecule has 0 saturated carbocycles. The van der Waals surface area contributed by atoms with Gasteiger partial charge in [-0.25, -0.2) is 0 Å². The smallest absolute Gasteiger partial charge is 0.328 e. The van der Waals surface area contributed by atoms with Crippen LogP contribution < -0.4 is 5.32 Å². The highest BCUT2D eigenvalue weighted by atomic mass is 35.5. The van der Waals surface area contributed by atoms with Crippen molar-refractivity contribution in [1.82, 2.24) is 5.32 Å². The van der Waals surface area contributed by atoms with Crippen molar-refractivity contribution in [2.45, 2.75) is 20.3 Å². The third kappa shape index (κ3) is 5.60. The highest BCUT2D eigenvalue weighted by Gasteiger charge is 2.21. The molecule has 0 fully saturated rings. The lowest BCUT2D eigenvalue weighted by Gasteiger charge is -2.11. The number of ether oxygens (including phenoxy) is 1. The number of nitrogens with zero attached hydrogens (tertiary/aromatic N) is 2. The summed E-state index contributed by atoms with van der Waals surface area (Å²) < 4.78 is 4.90. The zero-order chi connectivity index (χ0) is 19.0. The molecule has 0 aliphatic rings. The Bertz CT molecular complexity index is 730.